The number of carbonyl (C=O) groups is 3. The molecule has 0 amide bonds. The molecule has 0 aliphatic heterocycles. The fourth-order valence-electron chi connectivity index (χ4n) is 4.30. The number of carboxylic acids is 3. The van der Waals surface area contributed by atoms with Gasteiger partial charge in [-0.2, -0.15) is 0 Å². The van der Waals surface area contributed by atoms with Gasteiger partial charge in [-0.1, -0.05) is 83.1 Å². The quantitative estimate of drug-likeness (QED) is 0.101. The van der Waals surface area contributed by atoms with E-state index in [2.05, 4.69) is 6.58 Å². The molecule has 0 aliphatic rings. The second kappa shape index (κ2) is 19.8. The van der Waals surface area contributed by atoms with E-state index in [-0.39, 0.29) is 6.54 Å². The first kappa shape index (κ1) is 30.1. The first-order valence-corrected chi connectivity index (χ1v) is 12.4. The topological polar surface area (TPSA) is 112 Å². The Kier molecular flexibility index (Phi) is 18.6. The van der Waals surface area contributed by atoms with Gasteiger partial charge in [-0.15, -0.1) is 6.58 Å². The molecular weight excluding hydrogens is 410 g/mol. The lowest BCUT2D eigenvalue weighted by molar-refractivity contribution is -0.907. The van der Waals surface area contributed by atoms with Crippen molar-refractivity contribution < 1.29 is 34.2 Å². The van der Waals surface area contributed by atoms with Crippen molar-refractivity contribution in [3.63, 3.8) is 0 Å². The van der Waals surface area contributed by atoms with Crippen molar-refractivity contribution in [2.75, 3.05) is 26.2 Å². The number of nitrogens with zero attached hydrogens (tertiary/aromatic N) is 1. The molecule has 0 aromatic carbocycles. The number of unbranched alkanes of at least 4 members (excludes halogenated alkanes) is 15. The predicted molar refractivity (Wildman–Crippen MR) is 127 cm³/mol. The standard InChI is InChI=1S/C25H45NO6/c1-2-3-4-5-6-7-8-9-10-11-12-13-14-15-16-17-18-19-26(20-23(27)28,21-24(29)30)22-25(31)32/h2H,1,3-22H2,(H2-,27,28,29,30,31,32)/p+1. The average Bonchev–Trinajstić information content (AvgIpc) is 2.68. The Morgan fingerprint density at radius 3 is 1.09 bits per heavy atom. The molecule has 0 fully saturated rings. The molecule has 0 rings (SSSR count). The minimum atomic E-state index is -1.17. The Morgan fingerprint density at radius 1 is 0.531 bits per heavy atom. The van der Waals surface area contributed by atoms with Gasteiger partial charge < -0.3 is 15.3 Å². The summed E-state index contributed by atoms with van der Waals surface area (Å²) in [5.41, 5.74) is 0. The molecule has 0 aliphatic carbocycles. The van der Waals surface area contributed by atoms with E-state index in [1.807, 2.05) is 6.08 Å². The molecule has 0 aromatic heterocycles. The zero-order valence-electron chi connectivity index (χ0n) is 19.9. The summed E-state index contributed by atoms with van der Waals surface area (Å²) in [6, 6.07) is 0. The maximum Gasteiger partial charge on any atom is 0.359 e. The summed E-state index contributed by atoms with van der Waals surface area (Å²) in [6.45, 7) is 2.58. The first-order valence-electron chi connectivity index (χ1n) is 12.4. The molecule has 0 unspecified atom stereocenters. The molecule has 7 heteroatoms. The minimum absolute atomic E-state index is 0.263. The van der Waals surface area contributed by atoms with E-state index in [1.165, 1.54) is 70.6 Å². The summed E-state index contributed by atoms with van der Waals surface area (Å²) in [4.78, 5) is 33.5. The Hall–Kier alpha value is -1.89. The van der Waals surface area contributed by atoms with Crippen LogP contribution in [-0.4, -0.2) is 63.9 Å². The number of hydrogen-bond acceptors (Lipinski definition) is 3. The zero-order chi connectivity index (χ0) is 24.1. The summed E-state index contributed by atoms with van der Waals surface area (Å²) < 4.78 is -0.436. The van der Waals surface area contributed by atoms with E-state index in [1.54, 1.807) is 0 Å². The summed E-state index contributed by atoms with van der Waals surface area (Å²) in [5, 5.41) is 27.3. The minimum Gasteiger partial charge on any atom is -0.477 e. The molecule has 0 radical (unpaired) electrons. The summed E-state index contributed by atoms with van der Waals surface area (Å²) in [7, 11) is 0. The third-order valence-corrected chi connectivity index (χ3v) is 5.95. The lowest BCUT2D eigenvalue weighted by atomic mass is 10.0. The second-order valence-corrected chi connectivity index (χ2v) is 9.10. The SMILES string of the molecule is C=CCCCCCCCCCCCCCCCCC[N+](CC(=O)O)(CC(=O)O)CC(=O)O. The second-order valence-electron chi connectivity index (χ2n) is 9.10. The fraction of sp³-hybridized carbons (Fsp3) is 0.800. The molecule has 0 spiro atoms. The summed E-state index contributed by atoms with van der Waals surface area (Å²) >= 11 is 0. The van der Waals surface area contributed by atoms with Crippen LogP contribution in [0.15, 0.2) is 12.7 Å². The largest absolute Gasteiger partial charge is 0.477 e. The maximum absolute atomic E-state index is 11.2. The maximum atomic E-state index is 11.2. The number of aliphatic carboxylic acids is 3. The molecule has 32 heavy (non-hydrogen) atoms. The summed E-state index contributed by atoms with van der Waals surface area (Å²) in [5.74, 6) is -3.51. The average molecular weight is 457 g/mol. The van der Waals surface area contributed by atoms with Crippen molar-refractivity contribution in [3.05, 3.63) is 12.7 Å². The van der Waals surface area contributed by atoms with Crippen LogP contribution in [0.3, 0.4) is 0 Å². The van der Waals surface area contributed by atoms with Crippen LogP contribution in [0.1, 0.15) is 103 Å². The Labute approximate surface area is 194 Å². The Morgan fingerprint density at radius 2 is 0.812 bits per heavy atom. The van der Waals surface area contributed by atoms with Crippen molar-refractivity contribution in [1.29, 1.82) is 0 Å². The van der Waals surface area contributed by atoms with Gasteiger partial charge in [0.25, 0.3) is 0 Å². The van der Waals surface area contributed by atoms with Crippen LogP contribution in [0.5, 0.6) is 0 Å². The normalized spacial score (nSPS) is 11.4. The highest BCUT2D eigenvalue weighted by Crippen LogP contribution is 2.15. The van der Waals surface area contributed by atoms with Crippen molar-refractivity contribution in [2.45, 2.75) is 103 Å². The van der Waals surface area contributed by atoms with Gasteiger partial charge in [0.1, 0.15) is 0 Å². The molecule has 0 saturated carbocycles. The third-order valence-electron chi connectivity index (χ3n) is 5.95. The van der Waals surface area contributed by atoms with Gasteiger partial charge in [-0.25, -0.2) is 14.4 Å². The van der Waals surface area contributed by atoms with E-state index < -0.39 is 42.0 Å². The molecule has 0 saturated heterocycles. The van der Waals surface area contributed by atoms with Crippen LogP contribution >= 0.6 is 0 Å². The highest BCUT2D eigenvalue weighted by Gasteiger charge is 2.35. The Bertz CT molecular complexity index is 494. The van der Waals surface area contributed by atoms with Crippen LogP contribution in [-0.2, 0) is 14.4 Å². The predicted octanol–water partition coefficient (Wildman–Crippen LogP) is 5.48. The van der Waals surface area contributed by atoms with E-state index in [0.29, 0.717) is 6.42 Å². The molecule has 3 N–H and O–H groups in total. The van der Waals surface area contributed by atoms with E-state index in [4.69, 9.17) is 15.3 Å². The number of carboxylic acid groups (broad SMARTS) is 3. The summed E-state index contributed by atoms with van der Waals surface area (Å²) in [6.07, 6.45) is 21.1. The molecule has 0 heterocycles. The van der Waals surface area contributed by atoms with Gasteiger partial charge >= 0.3 is 17.9 Å². The number of allylic oxidation sites excluding steroid dienone is 1. The molecule has 186 valence electrons. The highest BCUT2D eigenvalue weighted by atomic mass is 16.4. The van der Waals surface area contributed by atoms with Crippen molar-refractivity contribution >= 4 is 17.9 Å². The van der Waals surface area contributed by atoms with Crippen LogP contribution in [0.4, 0.5) is 0 Å². The molecule has 0 bridgehead atoms. The van der Waals surface area contributed by atoms with Crippen molar-refractivity contribution in [3.8, 4) is 0 Å². The van der Waals surface area contributed by atoms with Gasteiger partial charge in [0.15, 0.2) is 19.6 Å². The number of hydrogen-bond donors (Lipinski definition) is 3. The van der Waals surface area contributed by atoms with Crippen LogP contribution in [0.25, 0.3) is 0 Å². The molecule has 0 atom stereocenters. The molecule has 7 nitrogen and oxygen atoms in total. The Balaban J connectivity index is 3.78. The number of quaternary nitrogens is 1. The van der Waals surface area contributed by atoms with Gasteiger partial charge in [0.2, 0.25) is 0 Å². The van der Waals surface area contributed by atoms with Gasteiger partial charge in [-0.3, -0.25) is 4.48 Å². The van der Waals surface area contributed by atoms with Gasteiger partial charge in [0, 0.05) is 0 Å². The van der Waals surface area contributed by atoms with E-state index in [9.17, 15) is 14.4 Å². The van der Waals surface area contributed by atoms with Crippen LogP contribution in [0, 0.1) is 0 Å². The van der Waals surface area contributed by atoms with Crippen LogP contribution < -0.4 is 0 Å². The van der Waals surface area contributed by atoms with Gasteiger partial charge in [0.05, 0.1) is 6.54 Å². The first-order chi connectivity index (χ1) is 15.3. The third kappa shape index (κ3) is 18.8. The zero-order valence-corrected chi connectivity index (χ0v) is 19.9. The smallest absolute Gasteiger partial charge is 0.359 e. The number of rotatable bonds is 24. The molecular formula is C25H46NO6+. The van der Waals surface area contributed by atoms with E-state index >= 15 is 0 Å². The highest BCUT2D eigenvalue weighted by molar-refractivity contribution is 5.73. The van der Waals surface area contributed by atoms with Crippen molar-refractivity contribution in [1.82, 2.24) is 0 Å². The van der Waals surface area contributed by atoms with Crippen LogP contribution in [0.2, 0.25) is 0 Å². The lowest BCUT2D eigenvalue weighted by Crippen LogP contribution is -2.57. The molecule has 0 aromatic rings. The van der Waals surface area contributed by atoms with Crippen molar-refractivity contribution in [2.24, 2.45) is 0 Å². The van der Waals surface area contributed by atoms with Gasteiger partial charge in [-0.05, 0) is 25.7 Å². The fourth-order valence-corrected chi connectivity index (χ4v) is 4.30. The monoisotopic (exact) mass is 456 g/mol. The lowest BCUT2D eigenvalue weighted by Gasteiger charge is -2.34. The van der Waals surface area contributed by atoms with E-state index in [0.717, 1.165) is 25.7 Å².